The molecule has 2 aromatic rings. The SMILES string of the molecule is CCc1nn(C)cc1C(Nc1ccccc1)C(N)=O. The van der Waals surface area contributed by atoms with Crippen LogP contribution in [0.1, 0.15) is 24.2 Å². The fourth-order valence-electron chi connectivity index (χ4n) is 2.07. The molecule has 0 aliphatic carbocycles. The molecule has 1 unspecified atom stereocenters. The summed E-state index contributed by atoms with van der Waals surface area (Å²) >= 11 is 0. The van der Waals surface area contributed by atoms with E-state index in [1.165, 1.54) is 0 Å². The molecule has 19 heavy (non-hydrogen) atoms. The highest BCUT2D eigenvalue weighted by Crippen LogP contribution is 2.22. The topological polar surface area (TPSA) is 72.9 Å². The minimum Gasteiger partial charge on any atom is -0.370 e. The first kappa shape index (κ1) is 13.1. The third kappa shape index (κ3) is 2.93. The van der Waals surface area contributed by atoms with Crippen LogP contribution in [0.25, 0.3) is 0 Å². The van der Waals surface area contributed by atoms with Gasteiger partial charge in [-0.2, -0.15) is 5.10 Å². The maximum atomic E-state index is 11.7. The number of rotatable bonds is 5. The van der Waals surface area contributed by atoms with E-state index < -0.39 is 11.9 Å². The van der Waals surface area contributed by atoms with Crippen LogP contribution in [0, 0.1) is 0 Å². The van der Waals surface area contributed by atoms with Crippen molar-refractivity contribution in [2.24, 2.45) is 12.8 Å². The van der Waals surface area contributed by atoms with Crippen LogP contribution in [0.4, 0.5) is 5.69 Å². The Balaban J connectivity index is 2.32. The zero-order chi connectivity index (χ0) is 13.8. The number of hydrogen-bond donors (Lipinski definition) is 2. The normalized spacial score (nSPS) is 12.1. The van der Waals surface area contributed by atoms with Crippen LogP contribution in [-0.4, -0.2) is 15.7 Å². The predicted octanol–water partition coefficient (Wildman–Crippen LogP) is 1.62. The molecule has 0 fully saturated rings. The number of aryl methyl sites for hydroxylation is 2. The number of nitrogens with two attached hydrogens (primary N) is 1. The quantitative estimate of drug-likeness (QED) is 0.856. The van der Waals surface area contributed by atoms with Crippen LogP contribution in [0.5, 0.6) is 0 Å². The van der Waals surface area contributed by atoms with Crippen LogP contribution in [-0.2, 0) is 18.3 Å². The van der Waals surface area contributed by atoms with Crippen molar-refractivity contribution < 1.29 is 4.79 Å². The highest BCUT2D eigenvalue weighted by molar-refractivity contribution is 5.84. The molecule has 0 aliphatic rings. The highest BCUT2D eigenvalue weighted by Gasteiger charge is 2.22. The molecule has 1 atom stereocenters. The summed E-state index contributed by atoms with van der Waals surface area (Å²) in [6.07, 6.45) is 2.60. The van der Waals surface area contributed by atoms with Crippen LogP contribution in [0.15, 0.2) is 36.5 Å². The number of primary amides is 1. The first-order chi connectivity index (χ1) is 9.11. The number of nitrogens with one attached hydrogen (secondary N) is 1. The maximum absolute atomic E-state index is 11.7. The molecule has 5 heteroatoms. The van der Waals surface area contributed by atoms with E-state index in [9.17, 15) is 4.79 Å². The number of nitrogens with zero attached hydrogens (tertiary/aromatic N) is 2. The van der Waals surface area contributed by atoms with Crippen molar-refractivity contribution in [3.63, 3.8) is 0 Å². The molecule has 5 nitrogen and oxygen atoms in total. The van der Waals surface area contributed by atoms with Gasteiger partial charge in [-0.3, -0.25) is 9.48 Å². The van der Waals surface area contributed by atoms with Crippen molar-refractivity contribution in [1.29, 1.82) is 0 Å². The molecule has 0 saturated heterocycles. The second-order valence-electron chi connectivity index (χ2n) is 4.40. The smallest absolute Gasteiger partial charge is 0.244 e. The van der Waals surface area contributed by atoms with Crippen LogP contribution in [0.2, 0.25) is 0 Å². The predicted molar refractivity (Wildman–Crippen MR) is 74.6 cm³/mol. The lowest BCUT2D eigenvalue weighted by atomic mass is 10.1. The number of carbonyl (C=O) groups is 1. The number of carbonyl (C=O) groups excluding carboxylic acids is 1. The molecule has 0 spiro atoms. The molecule has 0 aliphatic heterocycles. The van der Waals surface area contributed by atoms with Gasteiger partial charge in [0.1, 0.15) is 6.04 Å². The van der Waals surface area contributed by atoms with Gasteiger partial charge in [-0.1, -0.05) is 25.1 Å². The number of anilines is 1. The largest absolute Gasteiger partial charge is 0.370 e. The van der Waals surface area contributed by atoms with Gasteiger partial charge < -0.3 is 11.1 Å². The maximum Gasteiger partial charge on any atom is 0.244 e. The van der Waals surface area contributed by atoms with E-state index in [0.29, 0.717) is 0 Å². The van der Waals surface area contributed by atoms with E-state index in [-0.39, 0.29) is 0 Å². The lowest BCUT2D eigenvalue weighted by Crippen LogP contribution is -2.28. The third-order valence-corrected chi connectivity index (χ3v) is 2.95. The third-order valence-electron chi connectivity index (χ3n) is 2.95. The van der Waals surface area contributed by atoms with Gasteiger partial charge in [-0.25, -0.2) is 0 Å². The lowest BCUT2D eigenvalue weighted by Gasteiger charge is -2.16. The summed E-state index contributed by atoms with van der Waals surface area (Å²) < 4.78 is 1.71. The van der Waals surface area contributed by atoms with Crippen LogP contribution < -0.4 is 11.1 Å². The number of benzene rings is 1. The fourth-order valence-corrected chi connectivity index (χ4v) is 2.07. The van der Waals surface area contributed by atoms with Crippen molar-refractivity contribution in [2.45, 2.75) is 19.4 Å². The summed E-state index contributed by atoms with van der Waals surface area (Å²) in [7, 11) is 1.84. The van der Waals surface area contributed by atoms with E-state index in [2.05, 4.69) is 10.4 Å². The summed E-state index contributed by atoms with van der Waals surface area (Å²) in [6, 6.07) is 8.97. The zero-order valence-corrected chi connectivity index (χ0v) is 11.1. The Bertz CT molecular complexity index is 562. The van der Waals surface area contributed by atoms with Crippen LogP contribution in [0.3, 0.4) is 0 Å². The molecule has 1 heterocycles. The first-order valence-electron chi connectivity index (χ1n) is 6.25. The minimum atomic E-state index is -0.564. The number of aromatic nitrogens is 2. The zero-order valence-electron chi connectivity index (χ0n) is 11.1. The monoisotopic (exact) mass is 258 g/mol. The van der Waals surface area contributed by atoms with Gasteiger partial charge in [-0.15, -0.1) is 0 Å². The molecule has 3 N–H and O–H groups in total. The Hall–Kier alpha value is -2.30. The van der Waals surface area contributed by atoms with Gasteiger partial charge in [0.2, 0.25) is 5.91 Å². The standard InChI is InChI=1S/C14H18N4O/c1-3-12-11(9-18(2)17-12)13(14(15)19)16-10-7-5-4-6-8-10/h4-9,13,16H,3H2,1-2H3,(H2,15,19). The van der Waals surface area contributed by atoms with E-state index in [1.807, 2.05) is 50.5 Å². The Morgan fingerprint density at radius 1 is 1.42 bits per heavy atom. The first-order valence-corrected chi connectivity index (χ1v) is 6.25. The van der Waals surface area contributed by atoms with E-state index in [4.69, 9.17) is 5.73 Å². The van der Waals surface area contributed by atoms with E-state index >= 15 is 0 Å². The van der Waals surface area contributed by atoms with Crippen molar-refractivity contribution in [2.75, 3.05) is 5.32 Å². The molecular formula is C14H18N4O. The van der Waals surface area contributed by atoms with Gasteiger partial charge in [-0.05, 0) is 18.6 Å². The van der Waals surface area contributed by atoms with Gasteiger partial charge >= 0.3 is 0 Å². The Labute approximate surface area is 112 Å². The minimum absolute atomic E-state index is 0.411. The van der Waals surface area contributed by atoms with Crippen molar-refractivity contribution >= 4 is 11.6 Å². The summed E-state index contributed by atoms with van der Waals surface area (Å²) in [5, 5.41) is 7.50. The highest BCUT2D eigenvalue weighted by atomic mass is 16.1. The summed E-state index contributed by atoms with van der Waals surface area (Å²) in [5.41, 5.74) is 8.09. The van der Waals surface area contributed by atoms with E-state index in [1.54, 1.807) is 4.68 Å². The molecule has 0 bridgehead atoms. The average Bonchev–Trinajstić information content (AvgIpc) is 2.77. The van der Waals surface area contributed by atoms with Crippen molar-refractivity contribution in [1.82, 2.24) is 9.78 Å². The number of para-hydroxylation sites is 1. The molecule has 2 rings (SSSR count). The molecule has 1 amide bonds. The fraction of sp³-hybridized carbons (Fsp3) is 0.286. The Morgan fingerprint density at radius 3 is 2.68 bits per heavy atom. The number of hydrogen-bond acceptors (Lipinski definition) is 3. The second kappa shape index (κ2) is 5.56. The molecule has 1 aromatic heterocycles. The Kier molecular flexibility index (Phi) is 3.85. The van der Waals surface area contributed by atoms with Crippen molar-refractivity contribution in [3.8, 4) is 0 Å². The van der Waals surface area contributed by atoms with Gasteiger partial charge in [0, 0.05) is 24.5 Å². The van der Waals surface area contributed by atoms with Gasteiger partial charge in [0.25, 0.3) is 0 Å². The molecule has 1 aromatic carbocycles. The van der Waals surface area contributed by atoms with Crippen LogP contribution >= 0.6 is 0 Å². The summed E-state index contributed by atoms with van der Waals surface area (Å²) in [6.45, 7) is 2.01. The molecule has 100 valence electrons. The van der Waals surface area contributed by atoms with Crippen molar-refractivity contribution in [3.05, 3.63) is 47.8 Å². The summed E-state index contributed by atoms with van der Waals surface area (Å²) in [5.74, 6) is -0.411. The molecular weight excluding hydrogens is 240 g/mol. The lowest BCUT2D eigenvalue weighted by molar-refractivity contribution is -0.118. The Morgan fingerprint density at radius 2 is 2.11 bits per heavy atom. The number of amides is 1. The average molecular weight is 258 g/mol. The summed E-state index contributed by atoms with van der Waals surface area (Å²) in [4.78, 5) is 11.7. The van der Waals surface area contributed by atoms with Gasteiger partial charge in [0.05, 0.1) is 5.69 Å². The second-order valence-corrected chi connectivity index (χ2v) is 4.40. The van der Waals surface area contributed by atoms with E-state index in [0.717, 1.165) is 23.4 Å². The molecule has 0 radical (unpaired) electrons. The molecule has 0 saturated carbocycles. The van der Waals surface area contributed by atoms with Gasteiger partial charge in [0.15, 0.2) is 0 Å².